The molecule has 3 nitrogen and oxygen atoms in total. The summed E-state index contributed by atoms with van der Waals surface area (Å²) >= 11 is 1.67. The van der Waals surface area contributed by atoms with Crippen LogP contribution in [0.4, 0.5) is 0 Å². The van der Waals surface area contributed by atoms with Gasteiger partial charge >= 0.3 is 0 Å². The van der Waals surface area contributed by atoms with Gasteiger partial charge in [0.2, 0.25) is 5.91 Å². The summed E-state index contributed by atoms with van der Waals surface area (Å²) in [6.45, 7) is 0.275. The number of nitrogens with one attached hydrogen (secondary N) is 1. The van der Waals surface area contributed by atoms with Crippen molar-refractivity contribution in [3.05, 3.63) is 42.0 Å². The molecule has 108 valence electrons. The highest BCUT2D eigenvalue weighted by Gasteiger charge is 2.19. The van der Waals surface area contributed by atoms with Crippen molar-refractivity contribution in [2.45, 2.75) is 30.3 Å². The maximum absolute atomic E-state index is 12.0. The second-order valence-electron chi connectivity index (χ2n) is 5.02. The lowest BCUT2D eigenvalue weighted by Gasteiger charge is -2.19. The van der Waals surface area contributed by atoms with Crippen molar-refractivity contribution in [2.75, 3.05) is 12.8 Å². The van der Waals surface area contributed by atoms with Gasteiger partial charge in [-0.3, -0.25) is 4.79 Å². The van der Waals surface area contributed by atoms with E-state index < -0.39 is 6.10 Å². The maximum Gasteiger partial charge on any atom is 0.223 e. The Morgan fingerprint density at radius 3 is 2.75 bits per heavy atom. The second-order valence-corrected chi connectivity index (χ2v) is 5.90. The van der Waals surface area contributed by atoms with E-state index in [9.17, 15) is 9.90 Å². The highest BCUT2D eigenvalue weighted by molar-refractivity contribution is 7.98. The first-order valence-electron chi connectivity index (χ1n) is 6.95. The first-order valence-corrected chi connectivity index (χ1v) is 8.18. The Labute approximate surface area is 124 Å². The van der Waals surface area contributed by atoms with E-state index in [4.69, 9.17) is 0 Å². The van der Waals surface area contributed by atoms with Gasteiger partial charge in [-0.05, 0) is 43.2 Å². The molecule has 0 aliphatic heterocycles. The van der Waals surface area contributed by atoms with Crippen LogP contribution in [0.25, 0.3) is 0 Å². The van der Waals surface area contributed by atoms with E-state index in [0.717, 1.165) is 24.8 Å². The summed E-state index contributed by atoms with van der Waals surface area (Å²) in [7, 11) is 0. The lowest BCUT2D eigenvalue weighted by Crippen LogP contribution is -2.34. The van der Waals surface area contributed by atoms with Gasteiger partial charge < -0.3 is 10.4 Å². The van der Waals surface area contributed by atoms with Crippen LogP contribution in [0.3, 0.4) is 0 Å². The van der Waals surface area contributed by atoms with Crippen molar-refractivity contribution in [3.8, 4) is 0 Å². The molecule has 1 amide bonds. The summed E-state index contributed by atoms with van der Waals surface area (Å²) in [4.78, 5) is 13.1. The summed E-state index contributed by atoms with van der Waals surface area (Å²) < 4.78 is 0. The molecule has 0 fully saturated rings. The second kappa shape index (κ2) is 7.50. The zero-order chi connectivity index (χ0) is 14.4. The van der Waals surface area contributed by atoms with Crippen LogP contribution in [0.2, 0.25) is 0 Å². The molecule has 1 aromatic carbocycles. The number of benzene rings is 1. The van der Waals surface area contributed by atoms with Gasteiger partial charge in [0.05, 0.1) is 6.10 Å². The molecule has 1 aromatic rings. The SMILES string of the molecule is CSc1ccc([C@@H](O)CNC(=O)[C@H]2CC=CCC2)cc1. The van der Waals surface area contributed by atoms with Crippen LogP contribution in [0.15, 0.2) is 41.3 Å². The van der Waals surface area contributed by atoms with Crippen LogP contribution < -0.4 is 5.32 Å². The molecule has 0 aromatic heterocycles. The third-order valence-electron chi connectivity index (χ3n) is 3.61. The molecule has 2 rings (SSSR count). The minimum absolute atomic E-state index is 0.0501. The highest BCUT2D eigenvalue weighted by atomic mass is 32.2. The number of carbonyl (C=O) groups excluding carboxylic acids is 1. The third-order valence-corrected chi connectivity index (χ3v) is 4.35. The topological polar surface area (TPSA) is 49.3 Å². The minimum Gasteiger partial charge on any atom is -0.387 e. The summed E-state index contributed by atoms with van der Waals surface area (Å²) in [5.74, 6) is 0.111. The van der Waals surface area contributed by atoms with E-state index in [1.54, 1.807) is 11.8 Å². The Morgan fingerprint density at radius 2 is 2.15 bits per heavy atom. The van der Waals surface area contributed by atoms with Crippen LogP contribution in [-0.2, 0) is 4.79 Å². The molecule has 4 heteroatoms. The van der Waals surface area contributed by atoms with Crippen LogP contribution in [-0.4, -0.2) is 23.8 Å². The average molecular weight is 291 g/mol. The zero-order valence-electron chi connectivity index (χ0n) is 11.7. The fourth-order valence-corrected chi connectivity index (χ4v) is 2.73. The lowest BCUT2D eigenvalue weighted by atomic mass is 9.93. The van der Waals surface area contributed by atoms with E-state index >= 15 is 0 Å². The molecule has 0 unspecified atom stereocenters. The van der Waals surface area contributed by atoms with E-state index in [1.807, 2.05) is 30.5 Å². The average Bonchev–Trinajstić information content (AvgIpc) is 2.53. The number of aliphatic hydroxyl groups excluding tert-OH is 1. The number of amides is 1. The fraction of sp³-hybridized carbons (Fsp3) is 0.438. The van der Waals surface area contributed by atoms with Gasteiger partial charge in [-0.1, -0.05) is 24.3 Å². The zero-order valence-corrected chi connectivity index (χ0v) is 12.5. The molecule has 0 heterocycles. The number of rotatable bonds is 5. The maximum atomic E-state index is 12.0. The Kier molecular flexibility index (Phi) is 5.68. The lowest BCUT2D eigenvalue weighted by molar-refractivity contribution is -0.125. The number of hydrogen-bond donors (Lipinski definition) is 2. The number of hydrogen-bond acceptors (Lipinski definition) is 3. The van der Waals surface area contributed by atoms with Crippen molar-refractivity contribution in [3.63, 3.8) is 0 Å². The molecule has 0 radical (unpaired) electrons. The van der Waals surface area contributed by atoms with Crippen molar-refractivity contribution in [2.24, 2.45) is 5.92 Å². The molecule has 0 saturated carbocycles. The Bertz CT molecular complexity index is 470. The number of allylic oxidation sites excluding steroid dienone is 2. The standard InChI is InChI=1S/C16H21NO2S/c1-20-14-9-7-12(8-10-14)15(18)11-17-16(19)13-5-3-2-4-6-13/h2-3,7-10,13,15,18H,4-6,11H2,1H3,(H,17,19)/t13-,15-/m0/s1. The van der Waals surface area contributed by atoms with Crippen molar-refractivity contribution in [1.29, 1.82) is 0 Å². The molecule has 2 N–H and O–H groups in total. The number of aliphatic hydroxyl groups is 1. The summed E-state index contributed by atoms with van der Waals surface area (Å²) in [6.07, 6.45) is 8.23. The molecule has 0 bridgehead atoms. The molecule has 1 aliphatic rings. The van der Waals surface area contributed by atoms with E-state index in [2.05, 4.69) is 17.5 Å². The molecule has 2 atom stereocenters. The smallest absolute Gasteiger partial charge is 0.223 e. The molecular weight excluding hydrogens is 270 g/mol. The van der Waals surface area contributed by atoms with Gasteiger partial charge in [0.15, 0.2) is 0 Å². The minimum atomic E-state index is -0.644. The molecule has 0 spiro atoms. The van der Waals surface area contributed by atoms with Crippen LogP contribution in [0.5, 0.6) is 0 Å². The number of thioether (sulfide) groups is 1. The van der Waals surface area contributed by atoms with Crippen molar-refractivity contribution in [1.82, 2.24) is 5.32 Å². The fourth-order valence-electron chi connectivity index (χ4n) is 2.32. The molecular formula is C16H21NO2S. The van der Waals surface area contributed by atoms with Gasteiger partial charge in [0, 0.05) is 17.4 Å². The predicted octanol–water partition coefficient (Wildman–Crippen LogP) is 2.91. The quantitative estimate of drug-likeness (QED) is 0.648. The van der Waals surface area contributed by atoms with Crippen LogP contribution in [0.1, 0.15) is 30.9 Å². The largest absolute Gasteiger partial charge is 0.387 e. The van der Waals surface area contributed by atoms with Gasteiger partial charge in [0.25, 0.3) is 0 Å². The van der Waals surface area contributed by atoms with Crippen molar-refractivity contribution < 1.29 is 9.90 Å². The van der Waals surface area contributed by atoms with E-state index in [0.29, 0.717) is 0 Å². The monoisotopic (exact) mass is 291 g/mol. The van der Waals surface area contributed by atoms with Gasteiger partial charge in [-0.2, -0.15) is 0 Å². The summed E-state index contributed by atoms with van der Waals surface area (Å²) in [5.41, 5.74) is 0.839. The first kappa shape index (κ1) is 15.1. The third kappa shape index (κ3) is 4.12. The summed E-state index contributed by atoms with van der Waals surface area (Å²) in [6, 6.07) is 7.78. The van der Waals surface area contributed by atoms with Gasteiger partial charge in [-0.25, -0.2) is 0 Å². The van der Waals surface area contributed by atoms with Crippen LogP contribution >= 0.6 is 11.8 Å². The molecule has 0 saturated heterocycles. The predicted molar refractivity (Wildman–Crippen MR) is 82.7 cm³/mol. The van der Waals surface area contributed by atoms with E-state index in [1.165, 1.54) is 4.90 Å². The Morgan fingerprint density at radius 1 is 1.40 bits per heavy atom. The van der Waals surface area contributed by atoms with E-state index in [-0.39, 0.29) is 18.4 Å². The summed E-state index contributed by atoms with van der Waals surface area (Å²) in [5, 5.41) is 12.9. The van der Waals surface area contributed by atoms with Gasteiger partial charge in [0.1, 0.15) is 0 Å². The van der Waals surface area contributed by atoms with Crippen LogP contribution in [0, 0.1) is 5.92 Å². The molecule has 20 heavy (non-hydrogen) atoms. The van der Waals surface area contributed by atoms with Crippen molar-refractivity contribution >= 4 is 17.7 Å². The Balaban J connectivity index is 1.83. The highest BCUT2D eigenvalue weighted by Crippen LogP contribution is 2.20. The normalized spacial score (nSPS) is 19.6. The first-order chi connectivity index (χ1) is 9.70. The number of carbonyl (C=O) groups is 1. The van der Waals surface area contributed by atoms with Gasteiger partial charge in [-0.15, -0.1) is 11.8 Å². The Hall–Kier alpha value is -1.26. The molecule has 1 aliphatic carbocycles.